The highest BCUT2D eigenvalue weighted by molar-refractivity contribution is 5.50. The lowest BCUT2D eigenvalue weighted by Crippen LogP contribution is -1.93. The minimum atomic E-state index is 0.271. The van der Waals surface area contributed by atoms with Gasteiger partial charge in [0.1, 0.15) is 6.61 Å². The fourth-order valence-corrected chi connectivity index (χ4v) is 0.875. The van der Waals surface area contributed by atoms with Crippen LogP contribution in [0.15, 0.2) is 25.0 Å². The summed E-state index contributed by atoms with van der Waals surface area (Å²) in [6.07, 6.45) is 5.00. The van der Waals surface area contributed by atoms with Crippen molar-refractivity contribution in [3.63, 3.8) is 0 Å². The lowest BCUT2D eigenvalue weighted by molar-refractivity contribution is -0.129. The van der Waals surface area contributed by atoms with Gasteiger partial charge in [0.25, 0.3) is 6.47 Å². The molecule has 3 nitrogen and oxygen atoms in total. The Morgan fingerprint density at radius 2 is 2.50 bits per heavy atom. The topological polar surface area (TPSA) is 39.2 Å². The molecule has 62 valence electrons. The van der Waals surface area contributed by atoms with Gasteiger partial charge in [-0.2, -0.15) is 0 Å². The zero-order valence-corrected chi connectivity index (χ0v) is 6.56. The Hall–Kier alpha value is -1.64. The van der Waals surface area contributed by atoms with E-state index < -0.39 is 0 Å². The summed E-state index contributed by atoms with van der Waals surface area (Å²) in [5, 5.41) is 0. The maximum Gasteiger partial charge on any atom is 0.293 e. The third kappa shape index (κ3) is 1.92. The molecule has 0 atom stereocenters. The summed E-state index contributed by atoms with van der Waals surface area (Å²) in [6.45, 7) is 4.31. The van der Waals surface area contributed by atoms with Crippen LogP contribution in [0.1, 0.15) is 11.1 Å². The highest BCUT2D eigenvalue weighted by atomic mass is 16.5. The summed E-state index contributed by atoms with van der Waals surface area (Å²) in [7, 11) is 0. The number of ether oxygens (including phenoxy) is 1. The molecule has 0 bridgehead atoms. The monoisotopic (exact) mass is 163 g/mol. The molecule has 0 aliphatic rings. The van der Waals surface area contributed by atoms with Crippen LogP contribution in [0, 0.1) is 0 Å². The highest BCUT2D eigenvalue weighted by Crippen LogP contribution is 2.08. The standard InChI is InChI=1S/C9H9NO2/c1-2-8-5-10-4-3-9(8)6-12-7-11/h2-5,7H,1,6H2. The average Bonchev–Trinajstić information content (AvgIpc) is 2.15. The molecule has 3 heteroatoms. The molecule has 0 aliphatic heterocycles. The lowest BCUT2D eigenvalue weighted by atomic mass is 10.1. The maximum absolute atomic E-state index is 9.91. The Kier molecular flexibility index (Phi) is 3.02. The molecule has 0 saturated carbocycles. The fraction of sp³-hybridized carbons (Fsp3) is 0.111. The quantitative estimate of drug-likeness (QED) is 0.630. The highest BCUT2D eigenvalue weighted by Gasteiger charge is 1.97. The molecule has 0 radical (unpaired) electrons. The minimum Gasteiger partial charge on any atom is -0.463 e. The van der Waals surface area contributed by atoms with Crippen LogP contribution >= 0.6 is 0 Å². The second-order valence-electron chi connectivity index (χ2n) is 2.19. The average molecular weight is 163 g/mol. The van der Waals surface area contributed by atoms with E-state index >= 15 is 0 Å². The number of hydrogen-bond acceptors (Lipinski definition) is 3. The van der Waals surface area contributed by atoms with E-state index in [1.807, 2.05) is 0 Å². The zero-order valence-electron chi connectivity index (χ0n) is 6.56. The fourth-order valence-electron chi connectivity index (χ4n) is 0.875. The first-order valence-electron chi connectivity index (χ1n) is 3.49. The van der Waals surface area contributed by atoms with E-state index in [1.165, 1.54) is 0 Å². The maximum atomic E-state index is 9.91. The van der Waals surface area contributed by atoms with Crippen LogP contribution in [-0.2, 0) is 16.1 Å². The summed E-state index contributed by atoms with van der Waals surface area (Å²) >= 11 is 0. The zero-order chi connectivity index (χ0) is 8.81. The molecule has 0 amide bonds. The third-order valence-electron chi connectivity index (χ3n) is 1.47. The molecule has 0 aliphatic carbocycles. The van der Waals surface area contributed by atoms with Gasteiger partial charge >= 0.3 is 0 Å². The van der Waals surface area contributed by atoms with Crippen molar-refractivity contribution in [3.8, 4) is 0 Å². The number of carbonyl (C=O) groups is 1. The normalized spacial score (nSPS) is 9.00. The van der Waals surface area contributed by atoms with Crippen LogP contribution in [0.2, 0.25) is 0 Å². The van der Waals surface area contributed by atoms with Gasteiger partial charge in [-0.05, 0) is 17.2 Å². The SMILES string of the molecule is C=Cc1cnccc1COC=O. The predicted octanol–water partition coefficient (Wildman–Crippen LogP) is 1.40. The van der Waals surface area contributed by atoms with Crippen LogP contribution in [0.4, 0.5) is 0 Å². The molecule has 1 aromatic rings. The van der Waals surface area contributed by atoms with Crippen LogP contribution in [-0.4, -0.2) is 11.5 Å². The first-order valence-corrected chi connectivity index (χ1v) is 3.49. The Morgan fingerprint density at radius 1 is 1.67 bits per heavy atom. The van der Waals surface area contributed by atoms with E-state index in [0.29, 0.717) is 6.47 Å². The molecular formula is C9H9NO2. The van der Waals surface area contributed by atoms with Crippen molar-refractivity contribution in [3.05, 3.63) is 36.2 Å². The molecule has 12 heavy (non-hydrogen) atoms. The Balaban J connectivity index is 2.81. The summed E-state index contributed by atoms with van der Waals surface area (Å²) in [4.78, 5) is 13.8. The van der Waals surface area contributed by atoms with Crippen LogP contribution < -0.4 is 0 Å². The van der Waals surface area contributed by atoms with E-state index in [1.54, 1.807) is 24.5 Å². The number of aromatic nitrogens is 1. The van der Waals surface area contributed by atoms with Crippen LogP contribution in [0.25, 0.3) is 6.08 Å². The van der Waals surface area contributed by atoms with Crippen molar-refractivity contribution in [2.45, 2.75) is 6.61 Å². The molecule has 1 heterocycles. The van der Waals surface area contributed by atoms with Crippen molar-refractivity contribution >= 4 is 12.5 Å². The molecule has 1 rings (SSSR count). The third-order valence-corrected chi connectivity index (χ3v) is 1.47. The number of nitrogens with zero attached hydrogens (tertiary/aromatic N) is 1. The van der Waals surface area contributed by atoms with Gasteiger partial charge in [0.2, 0.25) is 0 Å². The minimum absolute atomic E-state index is 0.271. The van der Waals surface area contributed by atoms with Gasteiger partial charge < -0.3 is 4.74 Å². The molecule has 0 unspecified atom stereocenters. The van der Waals surface area contributed by atoms with Crippen molar-refractivity contribution < 1.29 is 9.53 Å². The summed E-state index contributed by atoms with van der Waals surface area (Å²) < 4.78 is 4.61. The number of pyridine rings is 1. The smallest absolute Gasteiger partial charge is 0.293 e. The number of hydrogen-bond donors (Lipinski definition) is 0. The molecule has 0 N–H and O–H groups in total. The van der Waals surface area contributed by atoms with E-state index in [2.05, 4.69) is 16.3 Å². The molecular weight excluding hydrogens is 154 g/mol. The van der Waals surface area contributed by atoms with Gasteiger partial charge in [-0.1, -0.05) is 12.7 Å². The largest absolute Gasteiger partial charge is 0.463 e. The first kappa shape index (κ1) is 8.46. The molecule has 0 fully saturated rings. The van der Waals surface area contributed by atoms with Crippen molar-refractivity contribution in [1.29, 1.82) is 0 Å². The van der Waals surface area contributed by atoms with E-state index in [4.69, 9.17) is 0 Å². The molecule has 0 saturated heterocycles. The summed E-state index contributed by atoms with van der Waals surface area (Å²) in [6, 6.07) is 1.79. The van der Waals surface area contributed by atoms with E-state index in [-0.39, 0.29) is 6.61 Å². The van der Waals surface area contributed by atoms with Crippen LogP contribution in [0.3, 0.4) is 0 Å². The predicted molar refractivity (Wildman–Crippen MR) is 45.2 cm³/mol. The second kappa shape index (κ2) is 4.28. The van der Waals surface area contributed by atoms with Gasteiger partial charge in [0.15, 0.2) is 0 Å². The molecule has 0 spiro atoms. The van der Waals surface area contributed by atoms with Crippen molar-refractivity contribution in [2.75, 3.05) is 0 Å². The van der Waals surface area contributed by atoms with Gasteiger partial charge in [-0.3, -0.25) is 9.78 Å². The summed E-state index contributed by atoms with van der Waals surface area (Å²) in [5.41, 5.74) is 1.80. The van der Waals surface area contributed by atoms with E-state index in [9.17, 15) is 4.79 Å². The Morgan fingerprint density at radius 3 is 3.17 bits per heavy atom. The Bertz CT molecular complexity index is 284. The lowest BCUT2D eigenvalue weighted by Gasteiger charge is -2.02. The molecule has 0 aromatic carbocycles. The van der Waals surface area contributed by atoms with Crippen LogP contribution in [0.5, 0.6) is 0 Å². The first-order chi connectivity index (χ1) is 5.88. The van der Waals surface area contributed by atoms with Gasteiger partial charge in [-0.25, -0.2) is 0 Å². The summed E-state index contributed by atoms with van der Waals surface area (Å²) in [5.74, 6) is 0. The number of rotatable bonds is 4. The van der Waals surface area contributed by atoms with Gasteiger partial charge in [0, 0.05) is 12.4 Å². The van der Waals surface area contributed by atoms with Gasteiger partial charge in [0.05, 0.1) is 0 Å². The van der Waals surface area contributed by atoms with Crippen molar-refractivity contribution in [1.82, 2.24) is 4.98 Å². The second-order valence-corrected chi connectivity index (χ2v) is 2.19. The van der Waals surface area contributed by atoms with Crippen molar-refractivity contribution in [2.24, 2.45) is 0 Å². The van der Waals surface area contributed by atoms with E-state index in [0.717, 1.165) is 11.1 Å². The Labute approximate surface area is 70.7 Å². The van der Waals surface area contributed by atoms with Gasteiger partial charge in [-0.15, -0.1) is 0 Å². The number of carbonyl (C=O) groups excluding carboxylic acids is 1. The molecule has 1 aromatic heterocycles.